The molecule has 9 heteroatoms. The van der Waals surface area contributed by atoms with Gasteiger partial charge in [-0.05, 0) is 55.5 Å². The molecule has 0 unspecified atom stereocenters. The molecule has 0 radical (unpaired) electrons. The summed E-state index contributed by atoms with van der Waals surface area (Å²) in [4.78, 5) is 29.0. The molecule has 1 saturated heterocycles. The number of halogens is 1. The van der Waals surface area contributed by atoms with Crippen molar-refractivity contribution in [3.8, 4) is 6.07 Å². The van der Waals surface area contributed by atoms with Crippen LogP contribution >= 0.6 is 24.0 Å². The lowest BCUT2D eigenvalue weighted by Crippen LogP contribution is -2.39. The molecule has 0 bridgehead atoms. The lowest BCUT2D eigenvalue weighted by Gasteiger charge is -2.29. The molecule has 2 aliphatic rings. The first-order chi connectivity index (χ1) is 17.8. The van der Waals surface area contributed by atoms with Crippen LogP contribution in [0.5, 0.6) is 0 Å². The van der Waals surface area contributed by atoms with Crippen LogP contribution in [-0.4, -0.2) is 25.7 Å². The van der Waals surface area contributed by atoms with Gasteiger partial charge in [-0.2, -0.15) is 5.26 Å². The number of nitrogens with one attached hydrogen (secondary N) is 1. The second kappa shape index (κ2) is 12.1. The fraction of sp³-hybridized carbons (Fsp3) is 0.429. The minimum absolute atomic E-state index is 0.0671. The lowest BCUT2D eigenvalue weighted by atomic mass is 9.94. The van der Waals surface area contributed by atoms with Gasteiger partial charge in [0.05, 0.1) is 4.91 Å². The molecular formula is C28H31FN4O2S2. The van der Waals surface area contributed by atoms with Crippen molar-refractivity contribution >= 4 is 46.1 Å². The topological polar surface area (TPSA) is 78.1 Å². The van der Waals surface area contributed by atoms with Crippen LogP contribution in [0.2, 0.25) is 0 Å². The monoisotopic (exact) mass is 538 g/mol. The van der Waals surface area contributed by atoms with Gasteiger partial charge >= 0.3 is 0 Å². The van der Waals surface area contributed by atoms with Gasteiger partial charge in [-0.15, -0.1) is 0 Å². The summed E-state index contributed by atoms with van der Waals surface area (Å²) in [6.07, 6.45) is 8.65. The van der Waals surface area contributed by atoms with Gasteiger partial charge in [-0.3, -0.25) is 19.1 Å². The van der Waals surface area contributed by atoms with Crippen LogP contribution in [0.3, 0.4) is 0 Å². The number of anilines is 1. The minimum Gasteiger partial charge on any atom is -0.367 e. The second-order valence-corrected chi connectivity index (χ2v) is 11.2. The maximum atomic E-state index is 13.5. The number of hydrogen-bond donors (Lipinski definition) is 1. The first-order valence-electron chi connectivity index (χ1n) is 12.8. The number of benzene rings is 1. The van der Waals surface area contributed by atoms with Crippen LogP contribution in [0.25, 0.3) is 6.08 Å². The highest BCUT2D eigenvalue weighted by Crippen LogP contribution is 2.38. The summed E-state index contributed by atoms with van der Waals surface area (Å²) in [7, 11) is 0. The Morgan fingerprint density at radius 2 is 1.92 bits per heavy atom. The van der Waals surface area contributed by atoms with Crippen molar-refractivity contribution in [2.75, 3.05) is 5.32 Å². The van der Waals surface area contributed by atoms with E-state index in [-0.39, 0.29) is 28.9 Å². The molecule has 37 heavy (non-hydrogen) atoms. The minimum atomic E-state index is -0.359. The van der Waals surface area contributed by atoms with Crippen molar-refractivity contribution in [1.29, 1.82) is 5.26 Å². The number of pyridine rings is 1. The van der Waals surface area contributed by atoms with Gasteiger partial charge in [0.1, 0.15) is 27.6 Å². The lowest BCUT2D eigenvalue weighted by molar-refractivity contribution is -0.124. The summed E-state index contributed by atoms with van der Waals surface area (Å²) in [6, 6.07) is 8.34. The molecule has 1 aliphatic heterocycles. The third kappa shape index (κ3) is 5.81. The molecule has 2 fully saturated rings. The number of carbonyl (C=O) groups is 1. The zero-order valence-electron chi connectivity index (χ0n) is 21.2. The molecule has 1 saturated carbocycles. The van der Waals surface area contributed by atoms with E-state index in [0.717, 1.165) is 44.1 Å². The Labute approximate surface area is 226 Å². The molecule has 1 N–H and O–H groups in total. The van der Waals surface area contributed by atoms with Crippen molar-refractivity contribution in [1.82, 2.24) is 9.47 Å². The molecule has 0 atom stereocenters. The molecule has 4 rings (SSSR count). The standard InChI is InChI=1S/C28H31FN4O2S2/c1-3-4-14-32-25(31-17-19-10-12-20(29)13-11-19)22(18(2)23(16-30)26(32)34)15-24-27(35)33(28(36)37-24)21-8-6-5-7-9-21/h10-13,15,21,31H,3-9,14,17H2,1-2H3/b24-15+. The number of hydrogen-bond acceptors (Lipinski definition) is 6. The second-order valence-electron chi connectivity index (χ2n) is 9.51. The zero-order chi connectivity index (χ0) is 26.5. The summed E-state index contributed by atoms with van der Waals surface area (Å²) in [5.74, 6) is 0.108. The average Bonchev–Trinajstić information content (AvgIpc) is 3.18. The number of aromatic nitrogens is 1. The molecule has 2 aromatic rings. The van der Waals surface area contributed by atoms with Crippen LogP contribution in [0.4, 0.5) is 10.2 Å². The summed E-state index contributed by atoms with van der Waals surface area (Å²) in [5.41, 5.74) is 1.69. The maximum absolute atomic E-state index is 13.5. The van der Waals surface area contributed by atoms with Gasteiger partial charge in [0.2, 0.25) is 0 Å². The van der Waals surface area contributed by atoms with E-state index in [1.807, 2.05) is 6.92 Å². The fourth-order valence-corrected chi connectivity index (χ4v) is 6.32. The summed E-state index contributed by atoms with van der Waals surface area (Å²) < 4.78 is 15.6. The normalized spacial score (nSPS) is 17.5. The Morgan fingerprint density at radius 3 is 2.57 bits per heavy atom. The highest BCUT2D eigenvalue weighted by Gasteiger charge is 2.37. The smallest absolute Gasteiger partial charge is 0.270 e. The number of carbonyl (C=O) groups excluding carboxylic acids is 1. The SMILES string of the molecule is CCCCn1c(NCc2ccc(F)cc2)c(/C=C2/SC(=S)N(C3CCCCC3)C2=O)c(C)c(C#N)c1=O. The molecule has 1 aromatic heterocycles. The first kappa shape index (κ1) is 27.1. The van der Waals surface area contributed by atoms with E-state index in [9.17, 15) is 19.2 Å². The van der Waals surface area contributed by atoms with Crippen LogP contribution in [-0.2, 0) is 17.9 Å². The van der Waals surface area contributed by atoms with Crippen molar-refractivity contribution in [2.45, 2.75) is 77.9 Å². The predicted molar refractivity (Wildman–Crippen MR) is 151 cm³/mol. The van der Waals surface area contributed by atoms with E-state index in [4.69, 9.17) is 12.2 Å². The predicted octanol–water partition coefficient (Wildman–Crippen LogP) is 6.11. The molecule has 2 heterocycles. The van der Waals surface area contributed by atoms with Gasteiger partial charge in [0.25, 0.3) is 11.5 Å². The van der Waals surface area contributed by atoms with E-state index in [1.54, 1.807) is 34.6 Å². The summed E-state index contributed by atoms with van der Waals surface area (Å²) >= 11 is 6.88. The molecule has 0 spiro atoms. The van der Waals surface area contributed by atoms with Gasteiger partial charge < -0.3 is 5.32 Å². The summed E-state index contributed by atoms with van der Waals surface area (Å²) in [6.45, 7) is 4.55. The van der Waals surface area contributed by atoms with E-state index >= 15 is 0 Å². The number of thiocarbonyl (C=S) groups is 1. The first-order valence-corrected chi connectivity index (χ1v) is 14.0. The van der Waals surface area contributed by atoms with E-state index < -0.39 is 0 Å². The number of unbranched alkanes of at least 4 members (excludes halogenated alkanes) is 1. The molecule has 1 aromatic carbocycles. The van der Waals surface area contributed by atoms with Crippen LogP contribution in [0.1, 0.15) is 74.1 Å². The van der Waals surface area contributed by atoms with Crippen molar-refractivity contribution in [3.63, 3.8) is 0 Å². The number of nitrogens with zero attached hydrogens (tertiary/aromatic N) is 3. The van der Waals surface area contributed by atoms with Crippen LogP contribution in [0, 0.1) is 24.1 Å². The van der Waals surface area contributed by atoms with Gasteiger partial charge in [-0.1, -0.05) is 68.7 Å². The number of nitriles is 1. The van der Waals surface area contributed by atoms with E-state index in [2.05, 4.69) is 11.4 Å². The van der Waals surface area contributed by atoms with Crippen LogP contribution in [0.15, 0.2) is 34.0 Å². The highest BCUT2D eigenvalue weighted by atomic mass is 32.2. The van der Waals surface area contributed by atoms with Gasteiger partial charge in [0, 0.05) is 24.7 Å². The average molecular weight is 539 g/mol. The molecule has 6 nitrogen and oxygen atoms in total. The molecular weight excluding hydrogens is 507 g/mol. The van der Waals surface area contributed by atoms with Crippen molar-refractivity contribution in [3.05, 3.63) is 67.6 Å². The van der Waals surface area contributed by atoms with Crippen molar-refractivity contribution in [2.24, 2.45) is 0 Å². The summed E-state index contributed by atoms with van der Waals surface area (Å²) in [5, 5.41) is 13.2. The maximum Gasteiger partial charge on any atom is 0.270 e. The Balaban J connectivity index is 1.79. The molecule has 1 aliphatic carbocycles. The number of thioether (sulfide) groups is 1. The van der Waals surface area contributed by atoms with E-state index in [0.29, 0.717) is 39.3 Å². The molecule has 194 valence electrons. The van der Waals surface area contributed by atoms with Gasteiger partial charge in [-0.25, -0.2) is 4.39 Å². The third-order valence-corrected chi connectivity index (χ3v) is 8.35. The van der Waals surface area contributed by atoms with Crippen molar-refractivity contribution < 1.29 is 9.18 Å². The number of rotatable bonds is 8. The fourth-order valence-electron chi connectivity index (χ4n) is 4.94. The largest absolute Gasteiger partial charge is 0.367 e. The zero-order valence-corrected chi connectivity index (χ0v) is 22.8. The quantitative estimate of drug-likeness (QED) is 0.323. The Kier molecular flexibility index (Phi) is 8.83. The Bertz CT molecular complexity index is 1320. The highest BCUT2D eigenvalue weighted by molar-refractivity contribution is 8.26. The Morgan fingerprint density at radius 1 is 1.22 bits per heavy atom. The third-order valence-electron chi connectivity index (χ3n) is 7.02. The van der Waals surface area contributed by atoms with Gasteiger partial charge in [0.15, 0.2) is 0 Å². The Hall–Kier alpha value is -2.96. The van der Waals surface area contributed by atoms with Crippen LogP contribution < -0.4 is 10.9 Å². The van der Waals surface area contributed by atoms with E-state index in [1.165, 1.54) is 30.3 Å². The number of amides is 1. The molecule has 1 amide bonds.